The second kappa shape index (κ2) is 15.3. The highest BCUT2D eigenvalue weighted by Gasteiger charge is 2.06. The number of halogens is 2. The lowest BCUT2D eigenvalue weighted by Gasteiger charge is -2.06. The van der Waals surface area contributed by atoms with Gasteiger partial charge in [0.05, 0.1) is 11.4 Å². The minimum atomic E-state index is -0.117. The van der Waals surface area contributed by atoms with Crippen LogP contribution < -0.4 is 10.9 Å². The summed E-state index contributed by atoms with van der Waals surface area (Å²) in [6, 6.07) is 14.8. The Labute approximate surface area is 211 Å². The number of rotatable bonds is 13. The molecule has 0 unspecified atom stereocenters. The van der Waals surface area contributed by atoms with E-state index >= 15 is 0 Å². The first-order chi connectivity index (χ1) is 16.4. The molecule has 0 fully saturated rings. The number of nitrogens with zero attached hydrogens (tertiary/aromatic N) is 2. The van der Waals surface area contributed by atoms with Crippen LogP contribution in [0.1, 0.15) is 76.3 Å². The van der Waals surface area contributed by atoms with Crippen LogP contribution in [-0.2, 0) is 9.59 Å². The van der Waals surface area contributed by atoms with E-state index in [2.05, 4.69) is 21.1 Å². The molecule has 8 heteroatoms. The Morgan fingerprint density at radius 3 is 1.47 bits per heavy atom. The topological polar surface area (TPSA) is 82.9 Å². The van der Waals surface area contributed by atoms with Gasteiger partial charge in [-0.05, 0) is 61.1 Å². The summed E-state index contributed by atoms with van der Waals surface area (Å²) in [5, 5.41) is 9.76. The number of nitrogens with one attached hydrogen (secondary N) is 2. The van der Waals surface area contributed by atoms with Gasteiger partial charge in [0.2, 0.25) is 11.8 Å². The van der Waals surface area contributed by atoms with E-state index in [4.69, 9.17) is 23.2 Å². The zero-order valence-corrected chi connectivity index (χ0v) is 21.3. The van der Waals surface area contributed by atoms with E-state index in [1.54, 1.807) is 12.1 Å². The maximum absolute atomic E-state index is 12.1. The average molecular weight is 503 g/mol. The molecule has 0 aliphatic carbocycles. The maximum Gasteiger partial charge on any atom is 0.240 e. The Balaban J connectivity index is 1.64. The predicted octanol–water partition coefficient (Wildman–Crippen LogP) is 6.49. The molecule has 2 aromatic rings. The van der Waals surface area contributed by atoms with Gasteiger partial charge in [-0.25, -0.2) is 10.9 Å². The number of hydrogen-bond donors (Lipinski definition) is 2. The lowest BCUT2D eigenvalue weighted by atomic mass is 10.1. The van der Waals surface area contributed by atoms with Crippen molar-refractivity contribution in [3.8, 4) is 0 Å². The van der Waals surface area contributed by atoms with Crippen LogP contribution in [0, 0.1) is 0 Å². The summed E-state index contributed by atoms with van der Waals surface area (Å²) in [5.41, 5.74) is 8.62. The molecule has 0 aliphatic heterocycles. The van der Waals surface area contributed by atoms with Crippen molar-refractivity contribution in [2.45, 2.75) is 65.2 Å². The van der Waals surface area contributed by atoms with Crippen LogP contribution in [-0.4, -0.2) is 23.2 Å². The number of unbranched alkanes of at least 4 members (excludes halogenated alkanes) is 3. The van der Waals surface area contributed by atoms with E-state index < -0.39 is 0 Å². The average Bonchev–Trinajstić information content (AvgIpc) is 2.82. The lowest BCUT2D eigenvalue weighted by Crippen LogP contribution is -2.20. The van der Waals surface area contributed by atoms with Crippen LogP contribution in [0.4, 0.5) is 0 Å². The molecule has 0 saturated carbocycles. The summed E-state index contributed by atoms with van der Waals surface area (Å²) >= 11 is 12.1. The summed E-state index contributed by atoms with van der Waals surface area (Å²) in [7, 11) is 0. The van der Waals surface area contributed by atoms with Gasteiger partial charge in [0, 0.05) is 22.9 Å². The summed E-state index contributed by atoms with van der Waals surface area (Å²) in [5.74, 6) is -0.235. The summed E-state index contributed by atoms with van der Waals surface area (Å²) in [6.45, 7) is 3.96. The summed E-state index contributed by atoms with van der Waals surface area (Å²) in [4.78, 5) is 24.2. The quantitative estimate of drug-likeness (QED) is 0.186. The van der Waals surface area contributed by atoms with Gasteiger partial charge < -0.3 is 0 Å². The molecule has 2 rings (SSSR count). The maximum atomic E-state index is 12.1. The van der Waals surface area contributed by atoms with Gasteiger partial charge in [0.25, 0.3) is 0 Å². The number of carbonyl (C=O) groups excluding carboxylic acids is 2. The highest BCUT2D eigenvalue weighted by atomic mass is 35.5. The Morgan fingerprint density at radius 2 is 1.12 bits per heavy atom. The number of benzene rings is 2. The predicted molar refractivity (Wildman–Crippen MR) is 141 cm³/mol. The normalized spacial score (nSPS) is 11.9. The highest BCUT2D eigenvalue weighted by Crippen LogP contribution is 2.14. The van der Waals surface area contributed by atoms with Crippen molar-refractivity contribution >= 4 is 46.4 Å². The van der Waals surface area contributed by atoms with Gasteiger partial charge in [0.1, 0.15) is 0 Å². The standard InChI is InChI=1S/C26H32Cl2N4O2/c1-3-23(19-11-9-13-21(27)17-19)29-31-25(33)15-7-5-6-8-16-26(34)32-30-24(4-2)20-12-10-14-22(28)18-20/h9-14,17-18H,3-8,15-16H2,1-2H3,(H,31,33)(H,32,34). The van der Waals surface area contributed by atoms with E-state index in [9.17, 15) is 9.59 Å². The molecule has 0 aliphatic rings. The zero-order valence-electron chi connectivity index (χ0n) is 19.7. The van der Waals surface area contributed by atoms with Crippen LogP contribution in [0.15, 0.2) is 58.7 Å². The molecule has 6 nitrogen and oxygen atoms in total. The van der Waals surface area contributed by atoms with E-state index in [1.807, 2.05) is 50.2 Å². The van der Waals surface area contributed by atoms with E-state index in [-0.39, 0.29) is 11.8 Å². The minimum Gasteiger partial charge on any atom is -0.273 e. The molecule has 2 amide bonds. The molecule has 0 saturated heterocycles. The zero-order chi connectivity index (χ0) is 24.8. The van der Waals surface area contributed by atoms with Crippen molar-refractivity contribution in [2.75, 3.05) is 0 Å². The smallest absolute Gasteiger partial charge is 0.240 e. The largest absolute Gasteiger partial charge is 0.273 e. The van der Waals surface area contributed by atoms with Gasteiger partial charge in [-0.1, -0.05) is 74.2 Å². The van der Waals surface area contributed by atoms with Gasteiger partial charge in [-0.2, -0.15) is 10.2 Å². The van der Waals surface area contributed by atoms with Crippen LogP contribution in [0.3, 0.4) is 0 Å². The summed E-state index contributed by atoms with van der Waals surface area (Å²) in [6.07, 6.45) is 5.38. The number of carbonyl (C=O) groups is 2. The first kappa shape index (κ1) is 27.5. The first-order valence-corrected chi connectivity index (χ1v) is 12.4. The van der Waals surface area contributed by atoms with E-state index in [0.29, 0.717) is 35.7 Å². The molecule has 0 bridgehead atoms. The fourth-order valence-corrected chi connectivity index (χ4v) is 3.71. The minimum absolute atomic E-state index is 0.117. The Morgan fingerprint density at radius 1 is 0.706 bits per heavy atom. The van der Waals surface area contributed by atoms with Crippen LogP contribution in [0.5, 0.6) is 0 Å². The molecule has 0 aromatic heterocycles. The van der Waals surface area contributed by atoms with E-state index in [0.717, 1.165) is 48.2 Å². The van der Waals surface area contributed by atoms with Crippen LogP contribution in [0.2, 0.25) is 10.0 Å². The van der Waals surface area contributed by atoms with Crippen LogP contribution in [0.25, 0.3) is 0 Å². The van der Waals surface area contributed by atoms with Crippen molar-refractivity contribution in [3.05, 3.63) is 69.7 Å². The third kappa shape index (κ3) is 10.1. The highest BCUT2D eigenvalue weighted by molar-refractivity contribution is 6.31. The SMILES string of the molecule is CCC(=NNC(=O)CCCCCCC(=O)NN=C(CC)c1cccc(Cl)c1)c1cccc(Cl)c1. The lowest BCUT2D eigenvalue weighted by molar-refractivity contribution is -0.122. The molecule has 2 N–H and O–H groups in total. The third-order valence-electron chi connectivity index (χ3n) is 5.17. The Hall–Kier alpha value is -2.70. The molecule has 0 atom stereocenters. The molecular formula is C26H32Cl2N4O2. The Bertz CT molecular complexity index is 940. The van der Waals surface area contributed by atoms with Gasteiger partial charge in [0.15, 0.2) is 0 Å². The van der Waals surface area contributed by atoms with Gasteiger partial charge >= 0.3 is 0 Å². The second-order valence-corrected chi connectivity index (χ2v) is 8.70. The molecular weight excluding hydrogens is 471 g/mol. The number of hydrazone groups is 2. The monoisotopic (exact) mass is 502 g/mol. The van der Waals surface area contributed by atoms with Crippen molar-refractivity contribution in [1.29, 1.82) is 0 Å². The van der Waals surface area contributed by atoms with Gasteiger partial charge in [-0.15, -0.1) is 0 Å². The molecule has 0 heterocycles. The Kier molecular flexibility index (Phi) is 12.4. The second-order valence-electron chi connectivity index (χ2n) is 7.83. The van der Waals surface area contributed by atoms with Crippen LogP contribution >= 0.6 is 23.2 Å². The van der Waals surface area contributed by atoms with E-state index in [1.165, 1.54) is 0 Å². The van der Waals surface area contributed by atoms with Crippen molar-refractivity contribution in [3.63, 3.8) is 0 Å². The molecule has 34 heavy (non-hydrogen) atoms. The van der Waals surface area contributed by atoms with Crippen molar-refractivity contribution in [1.82, 2.24) is 10.9 Å². The van der Waals surface area contributed by atoms with Gasteiger partial charge in [-0.3, -0.25) is 9.59 Å². The third-order valence-corrected chi connectivity index (χ3v) is 5.64. The van der Waals surface area contributed by atoms with Crippen molar-refractivity contribution in [2.24, 2.45) is 10.2 Å². The number of amides is 2. The fraction of sp³-hybridized carbons (Fsp3) is 0.385. The molecule has 182 valence electrons. The molecule has 2 aromatic carbocycles. The fourth-order valence-electron chi connectivity index (χ4n) is 3.33. The molecule has 0 spiro atoms. The summed E-state index contributed by atoms with van der Waals surface area (Å²) < 4.78 is 0. The molecule has 0 radical (unpaired) electrons. The number of hydrogen-bond acceptors (Lipinski definition) is 4. The first-order valence-electron chi connectivity index (χ1n) is 11.7. The van der Waals surface area contributed by atoms with Crippen molar-refractivity contribution < 1.29 is 9.59 Å².